The van der Waals surface area contributed by atoms with E-state index >= 15 is 0 Å². The quantitative estimate of drug-likeness (QED) is 0.741. The van der Waals surface area contributed by atoms with E-state index in [1.807, 2.05) is 5.38 Å². The lowest BCUT2D eigenvalue weighted by atomic mass is 10.1. The Balaban J connectivity index is 2.05. The van der Waals surface area contributed by atoms with Crippen molar-refractivity contribution >= 4 is 17.6 Å². The third-order valence-electron chi connectivity index (χ3n) is 2.20. The van der Waals surface area contributed by atoms with Crippen LogP contribution >= 0.6 is 11.5 Å². The van der Waals surface area contributed by atoms with Gasteiger partial charge in [-0.15, -0.1) is 5.10 Å². The molecule has 3 nitrogen and oxygen atoms in total. The Morgan fingerprint density at radius 1 is 1.38 bits per heavy atom. The molecule has 0 amide bonds. The normalized spacial score (nSPS) is 21.7. The second kappa shape index (κ2) is 4.48. The van der Waals surface area contributed by atoms with Gasteiger partial charge in [0.05, 0.1) is 5.69 Å². The van der Waals surface area contributed by atoms with Gasteiger partial charge in [0, 0.05) is 5.38 Å². The number of rotatable bonds is 1. The van der Waals surface area contributed by atoms with Crippen molar-refractivity contribution in [3.63, 3.8) is 0 Å². The van der Waals surface area contributed by atoms with E-state index in [0.29, 0.717) is 0 Å². The van der Waals surface area contributed by atoms with Crippen LogP contribution < -0.4 is 5.32 Å². The number of nitrogens with one attached hydrogen (secondary N) is 1. The van der Waals surface area contributed by atoms with Gasteiger partial charge in [-0.25, -0.2) is 0 Å². The summed E-state index contributed by atoms with van der Waals surface area (Å²) in [6, 6.07) is 0. The molecule has 0 spiro atoms. The van der Waals surface area contributed by atoms with Crippen LogP contribution in [0.2, 0.25) is 0 Å². The molecular weight excluding hydrogens is 182 g/mol. The molecule has 1 fully saturated rings. The van der Waals surface area contributed by atoms with Gasteiger partial charge in [-0.3, -0.25) is 0 Å². The van der Waals surface area contributed by atoms with Crippen LogP contribution in [0.5, 0.6) is 0 Å². The minimum Gasteiger partial charge on any atom is -0.316 e. The average molecular weight is 195 g/mol. The fraction of sp³-hybridized carbons (Fsp3) is 0.556. The molecule has 0 radical (unpaired) electrons. The van der Waals surface area contributed by atoms with Gasteiger partial charge < -0.3 is 5.32 Å². The van der Waals surface area contributed by atoms with Crippen molar-refractivity contribution in [3.8, 4) is 0 Å². The molecule has 70 valence electrons. The molecule has 1 N–H and O–H groups in total. The summed E-state index contributed by atoms with van der Waals surface area (Å²) in [5, 5.41) is 9.39. The van der Waals surface area contributed by atoms with Crippen molar-refractivity contribution in [3.05, 3.63) is 16.6 Å². The first-order chi connectivity index (χ1) is 6.45. The van der Waals surface area contributed by atoms with Crippen molar-refractivity contribution in [2.24, 2.45) is 0 Å². The second-order valence-electron chi connectivity index (χ2n) is 3.24. The summed E-state index contributed by atoms with van der Waals surface area (Å²) in [7, 11) is 0. The lowest BCUT2D eigenvalue weighted by molar-refractivity contribution is 0.703. The third kappa shape index (κ3) is 2.60. The minimum absolute atomic E-state index is 1.02. The highest BCUT2D eigenvalue weighted by Gasteiger charge is 2.03. The van der Waals surface area contributed by atoms with Crippen molar-refractivity contribution < 1.29 is 0 Å². The topological polar surface area (TPSA) is 37.8 Å². The summed E-state index contributed by atoms with van der Waals surface area (Å²) in [5.74, 6) is 0. The first kappa shape index (κ1) is 8.84. The van der Waals surface area contributed by atoms with Crippen LogP contribution in [-0.2, 0) is 0 Å². The maximum Gasteiger partial charge on any atom is 0.0981 e. The molecule has 0 atom stereocenters. The van der Waals surface area contributed by atoms with Gasteiger partial charge in [-0.05, 0) is 50.0 Å². The van der Waals surface area contributed by atoms with Gasteiger partial charge in [-0.2, -0.15) is 0 Å². The fourth-order valence-electron chi connectivity index (χ4n) is 1.53. The zero-order valence-electron chi connectivity index (χ0n) is 7.49. The molecule has 1 saturated heterocycles. The molecule has 2 heterocycles. The summed E-state index contributed by atoms with van der Waals surface area (Å²) in [4.78, 5) is 0. The molecule has 0 saturated carbocycles. The van der Waals surface area contributed by atoms with E-state index in [1.54, 1.807) is 0 Å². The second-order valence-corrected chi connectivity index (χ2v) is 3.85. The van der Waals surface area contributed by atoms with Crippen LogP contribution in [0.1, 0.15) is 25.0 Å². The van der Waals surface area contributed by atoms with Crippen LogP contribution in [0.4, 0.5) is 0 Å². The predicted molar refractivity (Wildman–Crippen MR) is 54.6 cm³/mol. The number of aromatic nitrogens is 2. The van der Waals surface area contributed by atoms with Gasteiger partial charge in [-0.1, -0.05) is 10.1 Å². The third-order valence-corrected chi connectivity index (χ3v) is 2.73. The standard InChI is InChI=1S/C9H13N3S/c1-2-8(3-5-10-4-1)6-9-7-13-12-11-9/h6-7,10H,1-5H2/b8-6+. The van der Waals surface area contributed by atoms with Gasteiger partial charge >= 0.3 is 0 Å². The van der Waals surface area contributed by atoms with E-state index in [-0.39, 0.29) is 0 Å². The van der Waals surface area contributed by atoms with Crippen LogP contribution in [0.15, 0.2) is 11.0 Å². The zero-order valence-corrected chi connectivity index (χ0v) is 8.31. The summed E-state index contributed by atoms with van der Waals surface area (Å²) >= 11 is 1.41. The molecule has 13 heavy (non-hydrogen) atoms. The molecule has 0 aliphatic carbocycles. The Hall–Kier alpha value is -0.740. The number of hydrogen-bond acceptors (Lipinski definition) is 4. The Kier molecular flexibility index (Phi) is 3.05. The molecule has 0 bridgehead atoms. The molecule has 0 aromatic carbocycles. The number of hydrogen-bond donors (Lipinski definition) is 1. The highest BCUT2D eigenvalue weighted by atomic mass is 32.1. The lowest BCUT2D eigenvalue weighted by Crippen LogP contribution is -2.13. The smallest absolute Gasteiger partial charge is 0.0981 e. The van der Waals surface area contributed by atoms with Crippen molar-refractivity contribution in [2.75, 3.05) is 13.1 Å². The molecule has 1 aromatic rings. The van der Waals surface area contributed by atoms with E-state index in [0.717, 1.165) is 25.2 Å². The fourth-order valence-corrected chi connectivity index (χ4v) is 1.94. The van der Waals surface area contributed by atoms with E-state index in [4.69, 9.17) is 0 Å². The molecule has 2 rings (SSSR count). The highest BCUT2D eigenvalue weighted by molar-refractivity contribution is 7.03. The zero-order chi connectivity index (χ0) is 8.93. The first-order valence-corrected chi connectivity index (χ1v) is 5.46. The Bertz CT molecular complexity index is 269. The van der Waals surface area contributed by atoms with Crippen LogP contribution in [-0.4, -0.2) is 22.7 Å². The van der Waals surface area contributed by atoms with Crippen LogP contribution in [0.25, 0.3) is 6.08 Å². The highest BCUT2D eigenvalue weighted by Crippen LogP contribution is 2.15. The average Bonchev–Trinajstić information content (AvgIpc) is 2.49. The van der Waals surface area contributed by atoms with E-state index < -0.39 is 0 Å². The Morgan fingerprint density at radius 2 is 2.38 bits per heavy atom. The summed E-state index contributed by atoms with van der Waals surface area (Å²) in [6.45, 7) is 2.25. The molecule has 1 aliphatic heterocycles. The lowest BCUT2D eigenvalue weighted by Gasteiger charge is -1.99. The van der Waals surface area contributed by atoms with Gasteiger partial charge in [0.15, 0.2) is 0 Å². The maximum atomic E-state index is 4.01. The first-order valence-electron chi connectivity index (χ1n) is 4.62. The maximum absolute atomic E-state index is 4.01. The monoisotopic (exact) mass is 195 g/mol. The van der Waals surface area contributed by atoms with Crippen molar-refractivity contribution in [1.29, 1.82) is 0 Å². The van der Waals surface area contributed by atoms with Gasteiger partial charge in [0.25, 0.3) is 0 Å². The largest absolute Gasteiger partial charge is 0.316 e. The van der Waals surface area contributed by atoms with E-state index in [1.165, 1.54) is 29.9 Å². The van der Waals surface area contributed by atoms with Gasteiger partial charge in [0.2, 0.25) is 0 Å². The SMILES string of the molecule is C(=C1/CCCNCC1)/c1csnn1. The summed E-state index contributed by atoms with van der Waals surface area (Å²) in [6.07, 6.45) is 5.77. The molecule has 1 aromatic heterocycles. The molecule has 0 unspecified atom stereocenters. The Labute approximate surface area is 82.0 Å². The van der Waals surface area contributed by atoms with Gasteiger partial charge in [0.1, 0.15) is 0 Å². The van der Waals surface area contributed by atoms with Crippen molar-refractivity contribution in [2.45, 2.75) is 19.3 Å². The summed E-state index contributed by atoms with van der Waals surface area (Å²) in [5.41, 5.74) is 2.51. The van der Waals surface area contributed by atoms with E-state index in [2.05, 4.69) is 21.0 Å². The van der Waals surface area contributed by atoms with E-state index in [9.17, 15) is 0 Å². The molecular formula is C9H13N3S. The van der Waals surface area contributed by atoms with Crippen LogP contribution in [0.3, 0.4) is 0 Å². The number of nitrogens with zero attached hydrogens (tertiary/aromatic N) is 2. The summed E-state index contributed by atoms with van der Waals surface area (Å²) < 4.78 is 3.84. The minimum atomic E-state index is 1.02. The molecule has 1 aliphatic rings. The Morgan fingerprint density at radius 3 is 3.23 bits per heavy atom. The molecule has 4 heteroatoms. The predicted octanol–water partition coefficient (Wildman–Crippen LogP) is 1.70. The van der Waals surface area contributed by atoms with Crippen LogP contribution in [0, 0.1) is 0 Å². The van der Waals surface area contributed by atoms with Crippen molar-refractivity contribution in [1.82, 2.24) is 14.9 Å².